The molecule has 2 rings (SSSR count). The van der Waals surface area contributed by atoms with Crippen LogP contribution in [0.2, 0.25) is 5.82 Å². The van der Waals surface area contributed by atoms with E-state index in [-0.39, 0.29) is 7.12 Å². The average Bonchev–Trinajstić information content (AvgIpc) is 2.30. The third kappa shape index (κ3) is 3.49. The van der Waals surface area contributed by atoms with Crippen LogP contribution in [0.5, 0.6) is 0 Å². The van der Waals surface area contributed by atoms with Gasteiger partial charge in [0, 0.05) is 19.1 Å². The van der Waals surface area contributed by atoms with E-state index in [9.17, 15) is 0 Å². The predicted molar refractivity (Wildman–Crippen MR) is 67.4 cm³/mol. The number of hydrogen-bond donors (Lipinski definition) is 0. The first-order valence-electron chi connectivity index (χ1n) is 6.99. The minimum Gasteiger partial charge on any atom is -0.411 e. The van der Waals surface area contributed by atoms with Gasteiger partial charge in [-0.3, -0.25) is 0 Å². The van der Waals surface area contributed by atoms with Crippen LogP contribution < -0.4 is 0 Å². The Kier molecular flexibility index (Phi) is 4.72. The molecule has 0 N–H and O–H groups in total. The minimum atomic E-state index is 0.115. The second kappa shape index (κ2) is 6.06. The maximum atomic E-state index is 5.91. The molecule has 2 aliphatic rings. The summed E-state index contributed by atoms with van der Waals surface area (Å²) in [4.78, 5) is 0. The Morgan fingerprint density at radius 3 is 2.25 bits per heavy atom. The molecule has 2 fully saturated rings. The van der Waals surface area contributed by atoms with Crippen molar-refractivity contribution >= 4 is 7.12 Å². The van der Waals surface area contributed by atoms with Crippen molar-refractivity contribution in [2.24, 2.45) is 11.8 Å². The molecule has 3 heteroatoms. The number of hydrogen-bond acceptors (Lipinski definition) is 2. The Morgan fingerprint density at radius 2 is 1.69 bits per heavy atom. The predicted octanol–water partition coefficient (Wildman–Crippen LogP) is 3.52. The zero-order valence-corrected chi connectivity index (χ0v) is 10.8. The van der Waals surface area contributed by atoms with Crippen molar-refractivity contribution in [1.82, 2.24) is 0 Å². The van der Waals surface area contributed by atoms with Gasteiger partial charge in [-0.2, -0.15) is 0 Å². The minimum absolute atomic E-state index is 0.115. The molecule has 0 spiro atoms. The zero-order chi connectivity index (χ0) is 11.4. The molecule has 0 aromatic rings. The Morgan fingerprint density at radius 1 is 1.06 bits per heavy atom. The van der Waals surface area contributed by atoms with Crippen LogP contribution in [0.25, 0.3) is 0 Å². The molecule has 0 aromatic heterocycles. The van der Waals surface area contributed by atoms with E-state index in [2.05, 4.69) is 13.8 Å². The lowest BCUT2D eigenvalue weighted by molar-refractivity contribution is 0.0613. The highest BCUT2D eigenvalue weighted by atomic mass is 16.6. The quantitative estimate of drug-likeness (QED) is 0.683. The molecule has 1 heterocycles. The first-order chi connectivity index (χ1) is 7.75. The van der Waals surface area contributed by atoms with E-state index >= 15 is 0 Å². The van der Waals surface area contributed by atoms with Gasteiger partial charge in [-0.05, 0) is 18.2 Å². The van der Waals surface area contributed by atoms with Gasteiger partial charge in [0.05, 0.1) is 0 Å². The first-order valence-corrected chi connectivity index (χ1v) is 6.99. The molecule has 0 radical (unpaired) electrons. The van der Waals surface area contributed by atoms with Crippen molar-refractivity contribution in [2.75, 3.05) is 13.2 Å². The fraction of sp³-hybridized carbons (Fsp3) is 1.00. The van der Waals surface area contributed by atoms with Gasteiger partial charge in [-0.15, -0.1) is 0 Å². The Balaban J connectivity index is 1.71. The smallest absolute Gasteiger partial charge is 0.411 e. The molecule has 0 unspecified atom stereocenters. The Labute approximate surface area is 100 Å². The second-order valence-electron chi connectivity index (χ2n) is 5.93. The van der Waals surface area contributed by atoms with Crippen molar-refractivity contribution in [3.8, 4) is 0 Å². The van der Waals surface area contributed by atoms with E-state index in [1.54, 1.807) is 0 Å². The average molecular weight is 224 g/mol. The Bertz CT molecular complexity index is 194. The first kappa shape index (κ1) is 12.4. The fourth-order valence-electron chi connectivity index (χ4n) is 3.04. The monoisotopic (exact) mass is 224 g/mol. The molecule has 92 valence electrons. The lowest BCUT2D eigenvalue weighted by Gasteiger charge is -2.33. The highest BCUT2D eigenvalue weighted by Crippen LogP contribution is 2.34. The van der Waals surface area contributed by atoms with Gasteiger partial charge in [0.25, 0.3) is 0 Å². The molecular formula is C13H25BO2. The maximum absolute atomic E-state index is 5.91. The van der Waals surface area contributed by atoms with Crippen molar-refractivity contribution in [3.63, 3.8) is 0 Å². The SMILES string of the molecule is CC(C)CC1COB(C2CCCCC2)OC1. The standard InChI is InChI=1S/C13H25BO2/c1-11(2)8-12-9-15-14(16-10-12)13-6-4-3-5-7-13/h11-13H,3-10H2,1-2H3. The fourth-order valence-corrected chi connectivity index (χ4v) is 3.04. The lowest BCUT2D eigenvalue weighted by Crippen LogP contribution is -2.40. The molecule has 1 saturated carbocycles. The Hall–Kier alpha value is -0.0151. The molecular weight excluding hydrogens is 199 g/mol. The molecule has 0 aromatic carbocycles. The third-order valence-corrected chi connectivity index (χ3v) is 3.83. The van der Waals surface area contributed by atoms with Crippen molar-refractivity contribution in [1.29, 1.82) is 0 Å². The van der Waals surface area contributed by atoms with Crippen molar-refractivity contribution in [3.05, 3.63) is 0 Å². The van der Waals surface area contributed by atoms with Crippen LogP contribution in [0.3, 0.4) is 0 Å². The molecule has 2 nitrogen and oxygen atoms in total. The summed E-state index contributed by atoms with van der Waals surface area (Å²) < 4.78 is 11.8. The van der Waals surface area contributed by atoms with Gasteiger partial charge < -0.3 is 9.31 Å². The van der Waals surface area contributed by atoms with Crippen LogP contribution >= 0.6 is 0 Å². The summed E-state index contributed by atoms with van der Waals surface area (Å²) in [6, 6.07) is 0. The van der Waals surface area contributed by atoms with Gasteiger partial charge in [0.1, 0.15) is 0 Å². The van der Waals surface area contributed by atoms with Gasteiger partial charge in [-0.25, -0.2) is 0 Å². The van der Waals surface area contributed by atoms with Gasteiger partial charge in [0.15, 0.2) is 0 Å². The highest BCUT2D eigenvalue weighted by Gasteiger charge is 2.35. The summed E-state index contributed by atoms with van der Waals surface area (Å²) in [7, 11) is 0.115. The van der Waals surface area contributed by atoms with Gasteiger partial charge in [0.2, 0.25) is 0 Å². The molecule has 0 atom stereocenters. The van der Waals surface area contributed by atoms with Crippen LogP contribution in [-0.2, 0) is 9.31 Å². The zero-order valence-electron chi connectivity index (χ0n) is 10.8. The second-order valence-corrected chi connectivity index (χ2v) is 5.93. The highest BCUT2D eigenvalue weighted by molar-refractivity contribution is 6.46. The molecule has 0 amide bonds. The van der Waals surface area contributed by atoms with Crippen LogP contribution in [-0.4, -0.2) is 20.3 Å². The van der Waals surface area contributed by atoms with Crippen molar-refractivity contribution in [2.45, 2.75) is 58.2 Å². The lowest BCUT2D eigenvalue weighted by atomic mass is 9.63. The summed E-state index contributed by atoms with van der Waals surface area (Å²) in [5, 5.41) is 0. The largest absolute Gasteiger partial charge is 0.460 e. The summed E-state index contributed by atoms with van der Waals surface area (Å²) >= 11 is 0. The molecule has 1 aliphatic heterocycles. The molecule has 0 bridgehead atoms. The maximum Gasteiger partial charge on any atom is 0.460 e. The topological polar surface area (TPSA) is 18.5 Å². The normalized spacial score (nSPS) is 25.3. The summed E-state index contributed by atoms with van der Waals surface area (Å²) in [5.41, 5.74) is 0. The van der Waals surface area contributed by atoms with E-state index in [4.69, 9.17) is 9.31 Å². The molecule has 16 heavy (non-hydrogen) atoms. The van der Waals surface area contributed by atoms with E-state index in [0.29, 0.717) is 11.7 Å². The van der Waals surface area contributed by atoms with Crippen LogP contribution in [0.1, 0.15) is 52.4 Å². The summed E-state index contributed by atoms with van der Waals surface area (Å²) in [6.45, 7) is 6.37. The molecule has 1 aliphatic carbocycles. The van der Waals surface area contributed by atoms with E-state index < -0.39 is 0 Å². The summed E-state index contributed by atoms with van der Waals surface area (Å²) in [5.74, 6) is 2.05. The van der Waals surface area contributed by atoms with Gasteiger partial charge >= 0.3 is 7.12 Å². The number of rotatable bonds is 3. The van der Waals surface area contributed by atoms with Crippen LogP contribution in [0.4, 0.5) is 0 Å². The summed E-state index contributed by atoms with van der Waals surface area (Å²) in [6.07, 6.45) is 7.97. The molecule has 1 saturated heterocycles. The van der Waals surface area contributed by atoms with Crippen LogP contribution in [0.15, 0.2) is 0 Å². The van der Waals surface area contributed by atoms with Crippen LogP contribution in [0, 0.1) is 11.8 Å². The van der Waals surface area contributed by atoms with Crippen molar-refractivity contribution < 1.29 is 9.31 Å². The third-order valence-electron chi connectivity index (χ3n) is 3.83. The van der Waals surface area contributed by atoms with Gasteiger partial charge in [-0.1, -0.05) is 46.0 Å². The van der Waals surface area contributed by atoms with E-state index in [1.165, 1.54) is 38.5 Å². The van der Waals surface area contributed by atoms with E-state index in [0.717, 1.165) is 19.1 Å². The van der Waals surface area contributed by atoms with E-state index in [1.807, 2.05) is 0 Å².